The molecule has 118 valence electrons. The highest BCUT2D eigenvalue weighted by Crippen LogP contribution is 2.19. The van der Waals surface area contributed by atoms with Gasteiger partial charge in [-0.1, -0.05) is 31.9 Å². The van der Waals surface area contributed by atoms with Gasteiger partial charge in [0.15, 0.2) is 5.69 Å². The fraction of sp³-hybridized carbons (Fsp3) is 0.438. The highest BCUT2D eigenvalue weighted by Gasteiger charge is 2.19. The van der Waals surface area contributed by atoms with Gasteiger partial charge < -0.3 is 9.84 Å². The minimum atomic E-state index is -1.05. The first kappa shape index (κ1) is 16.0. The number of carboxylic acid groups (broad SMARTS) is 1. The third-order valence-electron chi connectivity index (χ3n) is 3.30. The second-order valence-corrected chi connectivity index (χ2v) is 5.05. The largest absolute Gasteiger partial charge is 0.494 e. The van der Waals surface area contributed by atoms with E-state index in [4.69, 9.17) is 4.74 Å². The first-order valence-electron chi connectivity index (χ1n) is 7.58. The number of benzene rings is 1. The minimum absolute atomic E-state index is 0.0186. The smallest absolute Gasteiger partial charge is 0.358 e. The van der Waals surface area contributed by atoms with Gasteiger partial charge in [0.2, 0.25) is 0 Å². The van der Waals surface area contributed by atoms with Gasteiger partial charge in [-0.05, 0) is 37.1 Å². The summed E-state index contributed by atoms with van der Waals surface area (Å²) in [5, 5.41) is 16.9. The molecule has 0 spiro atoms. The normalized spacial score (nSPS) is 10.6. The lowest BCUT2D eigenvalue weighted by molar-refractivity contribution is 0.0689. The topological polar surface area (TPSA) is 77.2 Å². The van der Waals surface area contributed by atoms with E-state index in [1.807, 2.05) is 31.2 Å². The molecule has 1 aromatic heterocycles. The van der Waals surface area contributed by atoms with Crippen molar-refractivity contribution in [2.24, 2.45) is 0 Å². The fourth-order valence-electron chi connectivity index (χ4n) is 2.15. The average Bonchev–Trinajstić information content (AvgIpc) is 2.93. The molecule has 1 heterocycles. The van der Waals surface area contributed by atoms with Gasteiger partial charge in [-0.15, -0.1) is 5.10 Å². The van der Waals surface area contributed by atoms with Gasteiger partial charge in [0.1, 0.15) is 5.75 Å². The molecule has 6 nitrogen and oxygen atoms in total. The highest BCUT2D eigenvalue weighted by atomic mass is 16.5. The van der Waals surface area contributed by atoms with E-state index < -0.39 is 5.97 Å². The van der Waals surface area contributed by atoms with E-state index in [1.54, 1.807) is 4.68 Å². The Kier molecular flexibility index (Phi) is 5.52. The highest BCUT2D eigenvalue weighted by molar-refractivity contribution is 5.86. The summed E-state index contributed by atoms with van der Waals surface area (Å²) in [6.45, 7) is 4.81. The predicted molar refractivity (Wildman–Crippen MR) is 82.7 cm³/mol. The molecule has 0 saturated heterocycles. The lowest BCUT2D eigenvalue weighted by atomic mass is 10.2. The Balaban J connectivity index is 2.22. The van der Waals surface area contributed by atoms with Crippen LogP contribution in [-0.2, 0) is 6.42 Å². The van der Waals surface area contributed by atoms with Crippen LogP contribution >= 0.6 is 0 Å². The maximum atomic E-state index is 11.2. The number of aromatic nitrogens is 3. The molecule has 0 saturated carbocycles. The standard InChI is InChI=1S/C16H21N3O3/c1-3-5-11-22-13-9-7-12(8-10-13)19-14(6-4-2)15(16(20)21)17-18-19/h7-10H,3-6,11H2,1-2H3,(H,20,21). The number of unbranched alkanes of at least 4 members (excludes halogenated alkanes) is 1. The molecule has 2 aromatic rings. The molecular formula is C16H21N3O3. The lowest BCUT2D eigenvalue weighted by Crippen LogP contribution is -2.06. The van der Waals surface area contributed by atoms with Gasteiger partial charge in [0.25, 0.3) is 0 Å². The molecule has 0 fully saturated rings. The van der Waals surface area contributed by atoms with E-state index in [2.05, 4.69) is 17.2 Å². The molecule has 0 aliphatic heterocycles. The predicted octanol–water partition coefficient (Wildman–Crippen LogP) is 3.10. The molecule has 0 amide bonds. The number of carbonyl (C=O) groups is 1. The molecule has 6 heteroatoms. The lowest BCUT2D eigenvalue weighted by Gasteiger charge is -2.08. The summed E-state index contributed by atoms with van der Waals surface area (Å²) in [6.07, 6.45) is 3.55. The molecule has 1 aromatic carbocycles. The Hall–Kier alpha value is -2.37. The zero-order chi connectivity index (χ0) is 15.9. The van der Waals surface area contributed by atoms with Crippen molar-refractivity contribution in [1.29, 1.82) is 0 Å². The number of rotatable bonds is 8. The van der Waals surface area contributed by atoms with Crippen LogP contribution in [0, 0.1) is 0 Å². The molecule has 0 aliphatic carbocycles. The molecule has 22 heavy (non-hydrogen) atoms. The van der Waals surface area contributed by atoms with E-state index >= 15 is 0 Å². The summed E-state index contributed by atoms with van der Waals surface area (Å²) in [4.78, 5) is 11.2. The summed E-state index contributed by atoms with van der Waals surface area (Å²) < 4.78 is 7.21. The van der Waals surface area contributed by atoms with Crippen molar-refractivity contribution in [3.05, 3.63) is 35.7 Å². The molecule has 0 unspecified atom stereocenters. The average molecular weight is 303 g/mol. The van der Waals surface area contributed by atoms with Crippen LogP contribution in [0.4, 0.5) is 0 Å². The van der Waals surface area contributed by atoms with E-state index in [0.29, 0.717) is 18.7 Å². The first-order valence-corrected chi connectivity index (χ1v) is 7.58. The summed E-state index contributed by atoms with van der Waals surface area (Å²) in [5.41, 5.74) is 1.42. The van der Waals surface area contributed by atoms with Gasteiger partial charge in [-0.2, -0.15) is 0 Å². The number of hydrogen-bond acceptors (Lipinski definition) is 4. The summed E-state index contributed by atoms with van der Waals surface area (Å²) in [7, 11) is 0. The number of ether oxygens (including phenoxy) is 1. The minimum Gasteiger partial charge on any atom is -0.494 e. The van der Waals surface area contributed by atoms with Crippen molar-refractivity contribution in [2.75, 3.05) is 6.61 Å². The fourth-order valence-corrected chi connectivity index (χ4v) is 2.15. The summed E-state index contributed by atoms with van der Waals surface area (Å²) in [6, 6.07) is 7.45. The Bertz CT molecular complexity index is 620. The molecule has 1 N–H and O–H groups in total. The van der Waals surface area contributed by atoms with Crippen LogP contribution in [0.3, 0.4) is 0 Å². The van der Waals surface area contributed by atoms with Crippen LogP contribution in [-0.4, -0.2) is 32.7 Å². The molecule has 0 radical (unpaired) electrons. The maximum Gasteiger partial charge on any atom is 0.358 e. The molecule has 0 atom stereocenters. The monoisotopic (exact) mass is 303 g/mol. The number of nitrogens with zero attached hydrogens (tertiary/aromatic N) is 3. The van der Waals surface area contributed by atoms with Crippen LogP contribution in [0.2, 0.25) is 0 Å². The number of aromatic carboxylic acids is 1. The zero-order valence-corrected chi connectivity index (χ0v) is 13.0. The van der Waals surface area contributed by atoms with E-state index in [0.717, 1.165) is 30.7 Å². The second kappa shape index (κ2) is 7.59. The van der Waals surface area contributed by atoms with Gasteiger partial charge in [0.05, 0.1) is 18.0 Å². The second-order valence-electron chi connectivity index (χ2n) is 5.05. The third-order valence-corrected chi connectivity index (χ3v) is 3.30. The van der Waals surface area contributed by atoms with Crippen molar-refractivity contribution in [2.45, 2.75) is 39.5 Å². The van der Waals surface area contributed by atoms with Gasteiger partial charge >= 0.3 is 5.97 Å². The maximum absolute atomic E-state index is 11.2. The summed E-state index contributed by atoms with van der Waals surface area (Å²) >= 11 is 0. The van der Waals surface area contributed by atoms with E-state index in [1.165, 1.54) is 0 Å². The Morgan fingerprint density at radius 3 is 2.55 bits per heavy atom. The molecular weight excluding hydrogens is 282 g/mol. The van der Waals surface area contributed by atoms with E-state index in [9.17, 15) is 9.90 Å². The van der Waals surface area contributed by atoms with Crippen LogP contribution < -0.4 is 4.74 Å². The van der Waals surface area contributed by atoms with Crippen molar-refractivity contribution in [3.8, 4) is 11.4 Å². The Labute approximate surface area is 129 Å². The van der Waals surface area contributed by atoms with Crippen molar-refractivity contribution in [3.63, 3.8) is 0 Å². The van der Waals surface area contributed by atoms with E-state index in [-0.39, 0.29) is 5.69 Å². The molecule has 0 aliphatic rings. The van der Waals surface area contributed by atoms with Gasteiger partial charge in [0, 0.05) is 0 Å². The molecule has 0 bridgehead atoms. The van der Waals surface area contributed by atoms with Crippen molar-refractivity contribution in [1.82, 2.24) is 15.0 Å². The van der Waals surface area contributed by atoms with Crippen LogP contribution in [0.15, 0.2) is 24.3 Å². The van der Waals surface area contributed by atoms with Gasteiger partial charge in [-0.3, -0.25) is 0 Å². The summed E-state index contributed by atoms with van der Waals surface area (Å²) in [5.74, 6) is -0.248. The quantitative estimate of drug-likeness (QED) is 0.758. The van der Waals surface area contributed by atoms with Crippen LogP contribution in [0.25, 0.3) is 5.69 Å². The third kappa shape index (κ3) is 3.63. The van der Waals surface area contributed by atoms with Crippen molar-refractivity contribution < 1.29 is 14.6 Å². The first-order chi connectivity index (χ1) is 10.7. The number of hydrogen-bond donors (Lipinski definition) is 1. The zero-order valence-electron chi connectivity index (χ0n) is 13.0. The SMILES string of the molecule is CCCCOc1ccc(-n2nnc(C(=O)O)c2CCC)cc1. The Morgan fingerprint density at radius 2 is 1.95 bits per heavy atom. The van der Waals surface area contributed by atoms with Crippen LogP contribution in [0.1, 0.15) is 49.3 Å². The molecule has 2 rings (SSSR count). The van der Waals surface area contributed by atoms with Gasteiger partial charge in [-0.25, -0.2) is 9.48 Å². The van der Waals surface area contributed by atoms with Crippen molar-refractivity contribution >= 4 is 5.97 Å². The Morgan fingerprint density at radius 1 is 1.23 bits per heavy atom. The van der Waals surface area contributed by atoms with Crippen LogP contribution in [0.5, 0.6) is 5.75 Å². The number of carboxylic acids is 1.